The fourth-order valence-corrected chi connectivity index (χ4v) is 0.385. The molecule has 1 rings (SSSR count). The van der Waals surface area contributed by atoms with Crippen molar-refractivity contribution in [2.45, 2.75) is 6.18 Å². The summed E-state index contributed by atoms with van der Waals surface area (Å²) in [5.41, 5.74) is 0. The smallest absolute Gasteiger partial charge is 0.0623 e. The van der Waals surface area contributed by atoms with Gasteiger partial charge >= 0.3 is 29.2 Å². The normalized spacial score (nSPS) is 9.07. The molecular formula is C8H9F3O2Se. The molecule has 80 valence electrons. The van der Waals surface area contributed by atoms with Gasteiger partial charge < -0.3 is 5.11 Å². The van der Waals surface area contributed by atoms with Crippen LogP contribution in [0.1, 0.15) is 0 Å². The number of carbonyl (C=O) groups is 1. The van der Waals surface area contributed by atoms with E-state index in [4.69, 9.17) is 9.90 Å². The molecule has 0 unspecified atom stereocenters. The number of hydrogen-bond acceptors (Lipinski definition) is 1. The molecule has 1 aromatic rings. The standard InChI is InChI=1S/C6H6.C2HF3O2.H2Se/c1-2-4-6-5-3-1;3-2(4,5)1(6)7;/h1-6H;(H,6,7);1H2. The second-order valence-electron chi connectivity index (χ2n) is 1.96. The minimum atomic E-state index is -5.08. The summed E-state index contributed by atoms with van der Waals surface area (Å²) in [6.45, 7) is 0. The summed E-state index contributed by atoms with van der Waals surface area (Å²) in [6.07, 6.45) is -5.08. The molecule has 0 spiro atoms. The van der Waals surface area contributed by atoms with Gasteiger partial charge in [0.05, 0.1) is 0 Å². The molecule has 14 heavy (non-hydrogen) atoms. The zero-order valence-electron chi connectivity index (χ0n) is 6.95. The van der Waals surface area contributed by atoms with Crippen molar-refractivity contribution in [1.29, 1.82) is 0 Å². The number of aliphatic carboxylic acids is 1. The van der Waals surface area contributed by atoms with Crippen LogP contribution < -0.4 is 0 Å². The molecule has 0 aliphatic rings. The Morgan fingerprint density at radius 1 is 0.929 bits per heavy atom. The van der Waals surface area contributed by atoms with Gasteiger partial charge in [0.15, 0.2) is 0 Å². The molecule has 0 saturated carbocycles. The van der Waals surface area contributed by atoms with Crippen LogP contribution in [-0.4, -0.2) is 34.3 Å². The topological polar surface area (TPSA) is 37.3 Å². The molecule has 0 radical (unpaired) electrons. The molecule has 0 amide bonds. The molecule has 0 fully saturated rings. The summed E-state index contributed by atoms with van der Waals surface area (Å²) in [7, 11) is 0. The Bertz CT molecular complexity index is 222. The molecule has 0 saturated heterocycles. The quantitative estimate of drug-likeness (QED) is 0.725. The molecular weight excluding hydrogens is 264 g/mol. The third kappa shape index (κ3) is 9.09. The van der Waals surface area contributed by atoms with Gasteiger partial charge in [-0.2, -0.15) is 13.2 Å². The van der Waals surface area contributed by atoms with Gasteiger partial charge in [0.2, 0.25) is 0 Å². The predicted octanol–water partition coefficient (Wildman–Crippen LogP) is 1.40. The van der Waals surface area contributed by atoms with Crippen LogP contribution >= 0.6 is 0 Å². The van der Waals surface area contributed by atoms with E-state index in [1.54, 1.807) is 0 Å². The molecule has 1 aromatic carbocycles. The minimum Gasteiger partial charge on any atom is -0.0623 e. The van der Waals surface area contributed by atoms with Crippen LogP contribution in [0.5, 0.6) is 0 Å². The van der Waals surface area contributed by atoms with Gasteiger partial charge in [0, 0.05) is 0 Å². The summed E-state index contributed by atoms with van der Waals surface area (Å²) >= 11 is 0. The van der Waals surface area contributed by atoms with Crippen molar-refractivity contribution in [3.63, 3.8) is 0 Å². The van der Waals surface area contributed by atoms with Crippen molar-refractivity contribution in [3.8, 4) is 0 Å². The van der Waals surface area contributed by atoms with Crippen LogP contribution in [0.2, 0.25) is 0 Å². The number of hydrogen-bond donors (Lipinski definition) is 1. The van der Waals surface area contributed by atoms with Crippen LogP contribution in [0.3, 0.4) is 0 Å². The van der Waals surface area contributed by atoms with Crippen LogP contribution in [0, 0.1) is 0 Å². The fourth-order valence-electron chi connectivity index (χ4n) is 0.385. The van der Waals surface area contributed by atoms with Crippen LogP contribution in [-0.2, 0) is 4.79 Å². The monoisotopic (exact) mass is 274 g/mol. The first kappa shape index (κ1) is 15.5. The van der Waals surface area contributed by atoms with Gasteiger partial charge in [-0.15, -0.1) is 0 Å². The van der Waals surface area contributed by atoms with Crippen molar-refractivity contribution >= 4 is 23.0 Å². The van der Waals surface area contributed by atoms with Gasteiger partial charge in [-0.25, -0.2) is 4.79 Å². The Balaban J connectivity index is 0. The summed E-state index contributed by atoms with van der Waals surface area (Å²) in [5.74, 6) is -2.76. The van der Waals surface area contributed by atoms with Crippen molar-refractivity contribution in [1.82, 2.24) is 0 Å². The number of carboxylic acids is 1. The Labute approximate surface area is 89.2 Å². The Morgan fingerprint density at radius 3 is 1.14 bits per heavy atom. The van der Waals surface area contributed by atoms with Crippen molar-refractivity contribution in [2.75, 3.05) is 0 Å². The van der Waals surface area contributed by atoms with E-state index in [0.717, 1.165) is 0 Å². The molecule has 0 heterocycles. The minimum absolute atomic E-state index is 0. The third-order valence-electron chi connectivity index (χ3n) is 0.909. The summed E-state index contributed by atoms with van der Waals surface area (Å²) in [6, 6.07) is 12.0. The number of halogens is 3. The Hall–Kier alpha value is -1.00. The van der Waals surface area contributed by atoms with E-state index in [-0.39, 0.29) is 17.1 Å². The van der Waals surface area contributed by atoms with E-state index < -0.39 is 12.1 Å². The van der Waals surface area contributed by atoms with E-state index in [9.17, 15) is 13.2 Å². The maximum Gasteiger partial charge on any atom is -0.0623 e. The van der Waals surface area contributed by atoms with Gasteiger partial charge in [0.25, 0.3) is 0 Å². The number of benzene rings is 1. The second kappa shape index (κ2) is 7.41. The van der Waals surface area contributed by atoms with Crippen LogP contribution in [0.25, 0.3) is 0 Å². The number of carboxylic acid groups (broad SMARTS) is 1. The predicted molar refractivity (Wildman–Crippen MR) is 48.7 cm³/mol. The van der Waals surface area contributed by atoms with Crippen molar-refractivity contribution in [2.24, 2.45) is 0 Å². The summed E-state index contributed by atoms with van der Waals surface area (Å²) < 4.78 is 31.7. The molecule has 0 aliphatic heterocycles. The zero-order chi connectivity index (χ0) is 10.3. The van der Waals surface area contributed by atoms with Crippen molar-refractivity contribution < 1.29 is 23.1 Å². The Morgan fingerprint density at radius 2 is 1.07 bits per heavy atom. The fraction of sp³-hybridized carbons (Fsp3) is 0.125. The first-order chi connectivity index (χ1) is 5.94. The first-order valence-corrected chi connectivity index (χ1v) is 3.24. The zero-order valence-corrected chi connectivity index (χ0v) is 9.05. The van der Waals surface area contributed by atoms with E-state index in [0.29, 0.717) is 0 Å². The first-order valence-electron chi connectivity index (χ1n) is 3.24. The van der Waals surface area contributed by atoms with Crippen molar-refractivity contribution in [3.05, 3.63) is 36.4 Å². The molecule has 0 atom stereocenters. The molecule has 1 N–H and O–H groups in total. The van der Waals surface area contributed by atoms with Crippen LogP contribution in [0.15, 0.2) is 36.4 Å². The summed E-state index contributed by atoms with van der Waals surface area (Å²) in [4.78, 5) is 8.90. The van der Waals surface area contributed by atoms with E-state index in [1.165, 1.54) is 0 Å². The molecule has 6 heteroatoms. The second-order valence-corrected chi connectivity index (χ2v) is 1.96. The van der Waals surface area contributed by atoms with Gasteiger partial charge in [0.1, 0.15) is 0 Å². The SMILES string of the molecule is O=C(O)C(F)(F)F.[SeH2].c1ccccc1. The van der Waals surface area contributed by atoms with E-state index in [2.05, 4.69) is 0 Å². The molecule has 0 aromatic heterocycles. The average molecular weight is 273 g/mol. The number of rotatable bonds is 0. The maximum atomic E-state index is 10.6. The Kier molecular flexibility index (Phi) is 8.19. The van der Waals surface area contributed by atoms with Gasteiger partial charge in [-0.3, -0.25) is 0 Å². The van der Waals surface area contributed by atoms with E-state index in [1.807, 2.05) is 36.4 Å². The largest absolute Gasteiger partial charge is 0.0623 e. The van der Waals surface area contributed by atoms with Gasteiger partial charge in [-0.05, 0) is 0 Å². The maximum absolute atomic E-state index is 10.6. The van der Waals surface area contributed by atoms with Gasteiger partial charge in [-0.1, -0.05) is 36.4 Å². The molecule has 0 bridgehead atoms. The number of alkyl halides is 3. The molecule has 2 nitrogen and oxygen atoms in total. The van der Waals surface area contributed by atoms with Crippen LogP contribution in [0.4, 0.5) is 13.2 Å². The molecule has 0 aliphatic carbocycles. The summed E-state index contributed by atoms with van der Waals surface area (Å²) in [5, 5.41) is 7.12. The third-order valence-corrected chi connectivity index (χ3v) is 0.909. The average Bonchev–Trinajstić information content (AvgIpc) is 2.07. The van der Waals surface area contributed by atoms with E-state index >= 15 is 0 Å².